The molecular formula is C26H24N2O6. The van der Waals surface area contributed by atoms with Crippen LogP contribution in [0.1, 0.15) is 20.7 Å². The summed E-state index contributed by atoms with van der Waals surface area (Å²) >= 11 is 0. The minimum atomic E-state index is -0.376. The third kappa shape index (κ3) is 4.73. The number of rotatable bonds is 6. The Morgan fingerprint density at radius 1 is 0.735 bits per heavy atom. The normalized spacial score (nSPS) is 23.2. The molecule has 0 spiro atoms. The SMILES string of the molecule is O=C(N[C@H]1CO[C@H]2[C@@H]1OC[C@@H]2NC(=O)c1cccc(Oc2ccccc2)c1)c1cccc(O)c1. The Kier molecular flexibility index (Phi) is 6.16. The zero-order valence-electron chi connectivity index (χ0n) is 18.2. The van der Waals surface area contributed by atoms with Gasteiger partial charge in [0.2, 0.25) is 0 Å². The molecule has 3 aromatic carbocycles. The van der Waals surface area contributed by atoms with Crippen LogP contribution in [0, 0.1) is 0 Å². The smallest absolute Gasteiger partial charge is 0.251 e. The summed E-state index contributed by atoms with van der Waals surface area (Å²) in [7, 11) is 0. The van der Waals surface area contributed by atoms with Crippen molar-refractivity contribution in [2.45, 2.75) is 24.3 Å². The summed E-state index contributed by atoms with van der Waals surface area (Å²) in [4.78, 5) is 25.4. The topological polar surface area (TPSA) is 106 Å². The second-order valence-electron chi connectivity index (χ2n) is 8.25. The highest BCUT2D eigenvalue weighted by Gasteiger charge is 2.48. The quantitative estimate of drug-likeness (QED) is 0.522. The molecule has 0 radical (unpaired) electrons. The number of phenolic OH excluding ortho intramolecular Hbond substituents is 1. The molecule has 0 unspecified atom stereocenters. The number of benzene rings is 3. The van der Waals surface area contributed by atoms with Crippen LogP contribution in [0.15, 0.2) is 78.9 Å². The van der Waals surface area contributed by atoms with Gasteiger partial charge in [-0.3, -0.25) is 9.59 Å². The first-order chi connectivity index (χ1) is 16.6. The zero-order valence-corrected chi connectivity index (χ0v) is 18.2. The fourth-order valence-corrected chi connectivity index (χ4v) is 4.22. The highest BCUT2D eigenvalue weighted by Crippen LogP contribution is 2.28. The molecule has 34 heavy (non-hydrogen) atoms. The van der Waals surface area contributed by atoms with Gasteiger partial charge in [-0.15, -0.1) is 0 Å². The number of para-hydroxylation sites is 1. The Labute approximate surface area is 196 Å². The van der Waals surface area contributed by atoms with Crippen molar-refractivity contribution in [3.05, 3.63) is 90.0 Å². The number of aromatic hydroxyl groups is 1. The summed E-state index contributed by atoms with van der Waals surface area (Å²) in [5.41, 5.74) is 0.813. The molecular weight excluding hydrogens is 436 g/mol. The van der Waals surface area contributed by atoms with Crippen molar-refractivity contribution < 1.29 is 28.9 Å². The average Bonchev–Trinajstić information content (AvgIpc) is 3.43. The van der Waals surface area contributed by atoms with Crippen LogP contribution in [0.5, 0.6) is 17.2 Å². The summed E-state index contributed by atoms with van der Waals surface area (Å²) in [6.45, 7) is 0.548. The van der Waals surface area contributed by atoms with Crippen molar-refractivity contribution in [2.75, 3.05) is 13.2 Å². The lowest BCUT2D eigenvalue weighted by atomic mass is 10.0. The van der Waals surface area contributed by atoms with Crippen LogP contribution >= 0.6 is 0 Å². The summed E-state index contributed by atoms with van der Waals surface area (Å²) in [5.74, 6) is 0.683. The highest BCUT2D eigenvalue weighted by atomic mass is 16.6. The van der Waals surface area contributed by atoms with E-state index in [0.29, 0.717) is 22.6 Å². The molecule has 5 rings (SSSR count). The van der Waals surface area contributed by atoms with Crippen molar-refractivity contribution in [2.24, 2.45) is 0 Å². The van der Waals surface area contributed by atoms with E-state index < -0.39 is 0 Å². The number of fused-ring (bicyclic) bond motifs is 1. The van der Waals surface area contributed by atoms with Gasteiger partial charge in [-0.1, -0.05) is 30.3 Å². The molecule has 3 aromatic rings. The van der Waals surface area contributed by atoms with Gasteiger partial charge < -0.3 is 30.0 Å². The van der Waals surface area contributed by atoms with Gasteiger partial charge in [-0.25, -0.2) is 0 Å². The molecule has 8 nitrogen and oxygen atoms in total. The standard InChI is InChI=1S/C26H24N2O6/c29-18-8-4-6-16(12-18)25(30)27-21-14-32-24-22(15-33-23(21)24)28-26(31)17-7-5-11-20(13-17)34-19-9-2-1-3-10-19/h1-13,21-24,29H,14-15H2,(H,27,30)(H,28,31)/t21-,22-,23+,24+/m0/s1. The van der Waals surface area contributed by atoms with Crippen molar-refractivity contribution in [1.82, 2.24) is 10.6 Å². The predicted octanol–water partition coefficient (Wildman–Crippen LogP) is 2.88. The molecule has 0 saturated carbocycles. The summed E-state index contributed by atoms with van der Waals surface area (Å²) in [5, 5.41) is 15.5. The van der Waals surface area contributed by atoms with Crippen LogP contribution in [0.3, 0.4) is 0 Å². The first kappa shape index (κ1) is 21.9. The van der Waals surface area contributed by atoms with E-state index in [-0.39, 0.29) is 55.1 Å². The maximum Gasteiger partial charge on any atom is 0.251 e. The number of nitrogens with one attached hydrogen (secondary N) is 2. The zero-order chi connectivity index (χ0) is 23.5. The summed E-state index contributed by atoms with van der Waals surface area (Å²) in [6.07, 6.45) is -0.749. The Hall–Kier alpha value is -3.88. The number of carbonyl (C=O) groups excluding carboxylic acids is 2. The highest BCUT2D eigenvalue weighted by molar-refractivity contribution is 5.95. The Balaban J connectivity index is 1.19. The van der Waals surface area contributed by atoms with Crippen LogP contribution in [0.4, 0.5) is 0 Å². The third-order valence-corrected chi connectivity index (χ3v) is 5.87. The molecule has 0 aliphatic carbocycles. The Bertz CT molecular complexity index is 1180. The van der Waals surface area contributed by atoms with Crippen LogP contribution in [0.2, 0.25) is 0 Å². The average molecular weight is 460 g/mol. The monoisotopic (exact) mass is 460 g/mol. The van der Waals surface area contributed by atoms with Gasteiger partial charge in [0.25, 0.3) is 11.8 Å². The summed E-state index contributed by atoms with van der Waals surface area (Å²) < 4.78 is 17.6. The largest absolute Gasteiger partial charge is 0.508 e. The second-order valence-corrected chi connectivity index (χ2v) is 8.25. The number of carbonyl (C=O) groups is 2. The lowest BCUT2D eigenvalue weighted by Gasteiger charge is -2.18. The molecule has 8 heteroatoms. The van der Waals surface area contributed by atoms with Gasteiger partial charge in [-0.05, 0) is 48.5 Å². The van der Waals surface area contributed by atoms with E-state index in [0.717, 1.165) is 0 Å². The first-order valence-corrected chi connectivity index (χ1v) is 11.0. The van der Waals surface area contributed by atoms with Gasteiger partial charge >= 0.3 is 0 Å². The van der Waals surface area contributed by atoms with E-state index in [2.05, 4.69) is 10.6 Å². The molecule has 2 saturated heterocycles. The molecule has 0 aromatic heterocycles. The van der Waals surface area contributed by atoms with Crippen molar-refractivity contribution >= 4 is 11.8 Å². The van der Waals surface area contributed by atoms with Crippen LogP contribution < -0.4 is 15.4 Å². The maximum atomic E-state index is 12.9. The van der Waals surface area contributed by atoms with Crippen molar-refractivity contribution in [1.29, 1.82) is 0 Å². The van der Waals surface area contributed by atoms with Crippen LogP contribution in [-0.2, 0) is 9.47 Å². The van der Waals surface area contributed by atoms with E-state index in [4.69, 9.17) is 14.2 Å². The number of amides is 2. The van der Waals surface area contributed by atoms with E-state index in [9.17, 15) is 14.7 Å². The van der Waals surface area contributed by atoms with E-state index >= 15 is 0 Å². The Morgan fingerprint density at radius 3 is 1.91 bits per heavy atom. The molecule has 0 bridgehead atoms. The Morgan fingerprint density at radius 2 is 1.29 bits per heavy atom. The molecule has 3 N–H and O–H groups in total. The lowest BCUT2D eigenvalue weighted by molar-refractivity contribution is 0.0628. The summed E-state index contributed by atoms with van der Waals surface area (Å²) in [6, 6.07) is 21.7. The fourth-order valence-electron chi connectivity index (χ4n) is 4.22. The second kappa shape index (κ2) is 9.54. The predicted molar refractivity (Wildman–Crippen MR) is 123 cm³/mol. The van der Waals surface area contributed by atoms with E-state index in [1.807, 2.05) is 30.3 Å². The third-order valence-electron chi connectivity index (χ3n) is 5.87. The van der Waals surface area contributed by atoms with Gasteiger partial charge in [0.1, 0.15) is 29.5 Å². The maximum absolute atomic E-state index is 12.9. The number of hydrogen-bond acceptors (Lipinski definition) is 6. The molecule has 2 heterocycles. The van der Waals surface area contributed by atoms with Crippen molar-refractivity contribution in [3.63, 3.8) is 0 Å². The number of phenols is 1. The fraction of sp³-hybridized carbons (Fsp3) is 0.231. The van der Waals surface area contributed by atoms with Gasteiger partial charge in [-0.2, -0.15) is 0 Å². The molecule has 2 fully saturated rings. The first-order valence-electron chi connectivity index (χ1n) is 11.0. The van der Waals surface area contributed by atoms with E-state index in [1.165, 1.54) is 12.1 Å². The lowest BCUT2D eigenvalue weighted by Crippen LogP contribution is -2.46. The molecule has 174 valence electrons. The molecule has 2 amide bonds. The molecule has 2 aliphatic rings. The molecule has 2 aliphatic heterocycles. The van der Waals surface area contributed by atoms with Crippen LogP contribution in [-0.4, -0.2) is 54.4 Å². The van der Waals surface area contributed by atoms with Gasteiger partial charge in [0.15, 0.2) is 0 Å². The van der Waals surface area contributed by atoms with Crippen molar-refractivity contribution in [3.8, 4) is 17.2 Å². The minimum Gasteiger partial charge on any atom is -0.508 e. The van der Waals surface area contributed by atoms with Crippen LogP contribution in [0.25, 0.3) is 0 Å². The number of hydrogen-bond donors (Lipinski definition) is 3. The van der Waals surface area contributed by atoms with Gasteiger partial charge in [0, 0.05) is 11.1 Å². The number of ether oxygens (including phenoxy) is 3. The minimum absolute atomic E-state index is 0.0197. The van der Waals surface area contributed by atoms with Gasteiger partial charge in [0.05, 0.1) is 25.3 Å². The molecule has 4 atom stereocenters. The van der Waals surface area contributed by atoms with E-state index in [1.54, 1.807) is 36.4 Å².